The zero-order valence-corrected chi connectivity index (χ0v) is 11.3. The summed E-state index contributed by atoms with van der Waals surface area (Å²) in [4.78, 5) is 15.5. The molecule has 0 aliphatic rings. The van der Waals surface area contributed by atoms with E-state index in [4.69, 9.17) is 10.5 Å². The summed E-state index contributed by atoms with van der Waals surface area (Å²) in [7, 11) is 3.34. The lowest BCUT2D eigenvalue weighted by Gasteiger charge is -2.10. The Labute approximate surface area is 117 Å². The normalized spacial score (nSPS) is 9.90. The minimum Gasteiger partial charge on any atom is -0.457 e. The Morgan fingerprint density at radius 3 is 2.65 bits per heavy atom. The van der Waals surface area contributed by atoms with Gasteiger partial charge < -0.3 is 21.1 Å². The van der Waals surface area contributed by atoms with Crippen LogP contribution >= 0.6 is 0 Å². The van der Waals surface area contributed by atoms with Crippen LogP contribution in [0.2, 0.25) is 0 Å². The molecule has 0 spiro atoms. The van der Waals surface area contributed by atoms with Crippen LogP contribution in [-0.2, 0) is 0 Å². The number of pyridine rings is 1. The number of nitrogens with zero attached hydrogens (tertiary/aromatic N) is 1. The van der Waals surface area contributed by atoms with Crippen LogP contribution in [-0.4, -0.2) is 25.0 Å². The van der Waals surface area contributed by atoms with Gasteiger partial charge >= 0.3 is 0 Å². The minimum absolute atomic E-state index is 0.260. The van der Waals surface area contributed by atoms with Gasteiger partial charge in [0.15, 0.2) is 0 Å². The molecule has 0 saturated heterocycles. The van der Waals surface area contributed by atoms with Crippen molar-refractivity contribution in [2.75, 3.05) is 25.1 Å². The zero-order chi connectivity index (χ0) is 14.5. The van der Waals surface area contributed by atoms with Gasteiger partial charge in [0.05, 0.1) is 11.4 Å². The Hall–Kier alpha value is -2.76. The molecule has 20 heavy (non-hydrogen) atoms. The molecule has 104 valence electrons. The van der Waals surface area contributed by atoms with Crippen LogP contribution in [0.1, 0.15) is 10.5 Å². The van der Waals surface area contributed by atoms with Gasteiger partial charge in [-0.15, -0.1) is 0 Å². The maximum absolute atomic E-state index is 11.5. The second kappa shape index (κ2) is 5.92. The number of carbonyl (C=O) groups excluding carboxylic acids is 1. The molecule has 0 aliphatic heterocycles. The number of carbonyl (C=O) groups is 1. The van der Waals surface area contributed by atoms with Crippen molar-refractivity contribution in [2.45, 2.75) is 0 Å². The number of amides is 1. The standard InChI is InChI=1S/C14H16N4O2/c1-16-12-7-9(3-4-11(12)15)20-10-5-6-18-13(8-10)14(19)17-2/h3-8,16H,15H2,1-2H3,(H,17,19). The van der Waals surface area contributed by atoms with E-state index in [1.807, 2.05) is 0 Å². The smallest absolute Gasteiger partial charge is 0.269 e. The largest absolute Gasteiger partial charge is 0.457 e. The van der Waals surface area contributed by atoms with Crippen molar-refractivity contribution in [2.24, 2.45) is 0 Å². The van der Waals surface area contributed by atoms with E-state index in [0.717, 1.165) is 5.69 Å². The number of aromatic nitrogens is 1. The molecule has 4 N–H and O–H groups in total. The number of nitrogens with two attached hydrogens (primary N) is 1. The van der Waals surface area contributed by atoms with Crippen LogP contribution in [0, 0.1) is 0 Å². The van der Waals surface area contributed by atoms with Crippen LogP contribution in [0.25, 0.3) is 0 Å². The number of nitrogens with one attached hydrogen (secondary N) is 2. The average molecular weight is 272 g/mol. The van der Waals surface area contributed by atoms with Gasteiger partial charge in [-0.1, -0.05) is 0 Å². The van der Waals surface area contributed by atoms with E-state index >= 15 is 0 Å². The molecule has 1 amide bonds. The molecule has 2 rings (SSSR count). The Bertz CT molecular complexity index is 628. The topological polar surface area (TPSA) is 89.3 Å². The maximum Gasteiger partial charge on any atom is 0.269 e. The van der Waals surface area contributed by atoms with Crippen molar-refractivity contribution in [3.63, 3.8) is 0 Å². The highest BCUT2D eigenvalue weighted by Crippen LogP contribution is 2.28. The fourth-order valence-electron chi connectivity index (χ4n) is 1.68. The predicted octanol–water partition coefficient (Wildman–Crippen LogP) is 1.86. The van der Waals surface area contributed by atoms with Crippen molar-refractivity contribution in [3.05, 3.63) is 42.2 Å². The molecule has 0 aliphatic carbocycles. The summed E-state index contributed by atoms with van der Waals surface area (Å²) in [5.41, 5.74) is 7.51. The van der Waals surface area contributed by atoms with Gasteiger partial charge in [0.25, 0.3) is 5.91 Å². The second-order valence-electron chi connectivity index (χ2n) is 4.06. The van der Waals surface area contributed by atoms with E-state index < -0.39 is 0 Å². The van der Waals surface area contributed by atoms with E-state index in [-0.39, 0.29) is 5.91 Å². The first-order valence-corrected chi connectivity index (χ1v) is 6.07. The molecule has 0 saturated carbocycles. The van der Waals surface area contributed by atoms with Crippen molar-refractivity contribution in [1.29, 1.82) is 0 Å². The highest BCUT2D eigenvalue weighted by atomic mass is 16.5. The molecule has 1 aromatic heterocycles. The molecular weight excluding hydrogens is 256 g/mol. The SMILES string of the molecule is CNC(=O)c1cc(Oc2ccc(N)c(NC)c2)ccn1. The van der Waals surface area contributed by atoms with Crippen molar-refractivity contribution >= 4 is 17.3 Å². The summed E-state index contributed by atoms with van der Waals surface area (Å²) in [5, 5.41) is 5.49. The fraction of sp³-hybridized carbons (Fsp3) is 0.143. The molecule has 1 heterocycles. The second-order valence-corrected chi connectivity index (χ2v) is 4.06. The number of benzene rings is 1. The maximum atomic E-state index is 11.5. The summed E-state index contributed by atoms with van der Waals surface area (Å²) >= 11 is 0. The van der Waals surface area contributed by atoms with E-state index in [1.165, 1.54) is 6.20 Å². The lowest BCUT2D eigenvalue weighted by Crippen LogP contribution is -2.18. The first-order valence-electron chi connectivity index (χ1n) is 6.07. The Morgan fingerprint density at radius 2 is 1.95 bits per heavy atom. The summed E-state index contributed by atoms with van der Waals surface area (Å²) in [6, 6.07) is 8.56. The molecular formula is C14H16N4O2. The first-order chi connectivity index (χ1) is 9.63. The summed E-state index contributed by atoms with van der Waals surface area (Å²) in [6.45, 7) is 0. The highest BCUT2D eigenvalue weighted by Gasteiger charge is 2.07. The summed E-state index contributed by atoms with van der Waals surface area (Å²) in [5.74, 6) is 0.895. The third-order valence-electron chi connectivity index (χ3n) is 2.72. The molecule has 2 aromatic rings. The molecule has 0 fully saturated rings. The van der Waals surface area contributed by atoms with Crippen molar-refractivity contribution < 1.29 is 9.53 Å². The zero-order valence-electron chi connectivity index (χ0n) is 11.3. The van der Waals surface area contributed by atoms with E-state index in [1.54, 1.807) is 44.4 Å². The third-order valence-corrected chi connectivity index (χ3v) is 2.72. The Balaban J connectivity index is 2.24. The van der Waals surface area contributed by atoms with E-state index in [0.29, 0.717) is 22.9 Å². The van der Waals surface area contributed by atoms with Gasteiger partial charge in [0, 0.05) is 32.4 Å². The van der Waals surface area contributed by atoms with Gasteiger partial charge in [-0.05, 0) is 18.2 Å². The molecule has 0 unspecified atom stereocenters. The number of rotatable bonds is 4. The molecule has 1 aromatic carbocycles. The Kier molecular flexibility index (Phi) is 4.05. The van der Waals surface area contributed by atoms with Crippen LogP contribution in [0.3, 0.4) is 0 Å². The average Bonchev–Trinajstić information content (AvgIpc) is 2.48. The summed E-state index contributed by atoms with van der Waals surface area (Å²) in [6.07, 6.45) is 1.52. The monoisotopic (exact) mass is 272 g/mol. The molecule has 0 atom stereocenters. The lowest BCUT2D eigenvalue weighted by atomic mass is 10.2. The quantitative estimate of drug-likeness (QED) is 0.739. The first kappa shape index (κ1) is 13.7. The number of nitrogen functional groups attached to an aromatic ring is 1. The number of anilines is 2. The van der Waals surface area contributed by atoms with E-state index in [2.05, 4.69) is 15.6 Å². The minimum atomic E-state index is -0.260. The molecule has 6 nitrogen and oxygen atoms in total. The van der Waals surface area contributed by atoms with Gasteiger partial charge in [-0.25, -0.2) is 0 Å². The third kappa shape index (κ3) is 2.97. The number of ether oxygens (including phenoxy) is 1. The van der Waals surface area contributed by atoms with Gasteiger partial charge in [-0.3, -0.25) is 9.78 Å². The van der Waals surface area contributed by atoms with Crippen molar-refractivity contribution in [3.8, 4) is 11.5 Å². The lowest BCUT2D eigenvalue weighted by molar-refractivity contribution is 0.0958. The van der Waals surface area contributed by atoms with Crippen LogP contribution in [0.15, 0.2) is 36.5 Å². The van der Waals surface area contributed by atoms with Gasteiger partial charge in [-0.2, -0.15) is 0 Å². The number of hydrogen-bond acceptors (Lipinski definition) is 5. The van der Waals surface area contributed by atoms with Crippen LogP contribution < -0.4 is 21.1 Å². The summed E-state index contributed by atoms with van der Waals surface area (Å²) < 4.78 is 5.70. The van der Waals surface area contributed by atoms with Crippen LogP contribution in [0.4, 0.5) is 11.4 Å². The van der Waals surface area contributed by atoms with Crippen molar-refractivity contribution in [1.82, 2.24) is 10.3 Å². The number of hydrogen-bond donors (Lipinski definition) is 3. The molecule has 6 heteroatoms. The molecule has 0 bridgehead atoms. The predicted molar refractivity (Wildman–Crippen MR) is 78.1 cm³/mol. The van der Waals surface area contributed by atoms with E-state index in [9.17, 15) is 4.79 Å². The van der Waals surface area contributed by atoms with Crippen LogP contribution in [0.5, 0.6) is 11.5 Å². The fourth-order valence-corrected chi connectivity index (χ4v) is 1.68. The van der Waals surface area contributed by atoms with Gasteiger partial charge in [0.2, 0.25) is 0 Å². The molecule has 0 radical (unpaired) electrons. The van der Waals surface area contributed by atoms with Gasteiger partial charge in [0.1, 0.15) is 17.2 Å². The Morgan fingerprint density at radius 1 is 1.20 bits per heavy atom. The highest BCUT2D eigenvalue weighted by molar-refractivity contribution is 5.92.